The lowest BCUT2D eigenvalue weighted by Gasteiger charge is -2.11. The molecule has 1 unspecified atom stereocenters. The van der Waals surface area contributed by atoms with Crippen molar-refractivity contribution in [2.24, 2.45) is 0 Å². The highest BCUT2D eigenvalue weighted by molar-refractivity contribution is 9.10. The predicted octanol–water partition coefficient (Wildman–Crippen LogP) is 4.76. The first-order valence-corrected chi connectivity index (χ1v) is 7.34. The molecule has 21 heavy (non-hydrogen) atoms. The highest BCUT2D eigenvalue weighted by Gasteiger charge is 2.20. The van der Waals surface area contributed by atoms with Crippen molar-refractivity contribution in [2.75, 3.05) is 0 Å². The fourth-order valence-electron chi connectivity index (χ4n) is 2.12. The maximum absolute atomic E-state index is 14.2. The van der Waals surface area contributed by atoms with E-state index in [0.717, 1.165) is 12.1 Å². The summed E-state index contributed by atoms with van der Waals surface area (Å²) in [5, 5.41) is -0.481. The van der Waals surface area contributed by atoms with E-state index in [9.17, 15) is 8.78 Å². The lowest BCUT2D eigenvalue weighted by molar-refractivity contribution is 0.586. The van der Waals surface area contributed by atoms with E-state index in [1.54, 1.807) is 25.3 Å². The van der Waals surface area contributed by atoms with Crippen LogP contribution in [0.1, 0.15) is 18.1 Å². The van der Waals surface area contributed by atoms with Crippen LogP contribution in [0.25, 0.3) is 16.9 Å². The van der Waals surface area contributed by atoms with Crippen LogP contribution in [0.2, 0.25) is 0 Å². The summed E-state index contributed by atoms with van der Waals surface area (Å²) in [6.45, 7) is 1.71. The van der Waals surface area contributed by atoms with Gasteiger partial charge in [-0.1, -0.05) is 0 Å². The second-order valence-electron chi connectivity index (χ2n) is 4.49. The van der Waals surface area contributed by atoms with Crippen molar-refractivity contribution in [3.8, 4) is 5.69 Å². The molecule has 1 atom stereocenters. The molecule has 7 heteroatoms. The molecule has 1 aromatic carbocycles. The van der Waals surface area contributed by atoms with E-state index in [1.165, 1.54) is 4.57 Å². The number of alkyl halides is 1. The zero-order chi connectivity index (χ0) is 15.1. The first-order valence-electron chi connectivity index (χ1n) is 6.11. The Morgan fingerprint density at radius 3 is 2.76 bits per heavy atom. The van der Waals surface area contributed by atoms with Crippen molar-refractivity contribution in [1.29, 1.82) is 0 Å². The van der Waals surface area contributed by atoms with Crippen LogP contribution in [0.15, 0.2) is 34.9 Å². The molecule has 0 saturated heterocycles. The normalized spacial score (nSPS) is 12.8. The summed E-state index contributed by atoms with van der Waals surface area (Å²) in [7, 11) is 0. The standard InChI is InChI=1S/C14H9BrClF2N3/c1-7(16)13-20-11-3-2-4-19-14(11)21(13)12-6-9(17)8(15)5-10(12)18/h2-7H,1H3. The van der Waals surface area contributed by atoms with Crippen LogP contribution < -0.4 is 0 Å². The fraction of sp³-hybridized carbons (Fsp3) is 0.143. The van der Waals surface area contributed by atoms with Gasteiger partial charge in [-0.25, -0.2) is 18.7 Å². The largest absolute Gasteiger partial charge is 0.276 e. The van der Waals surface area contributed by atoms with Crippen LogP contribution in [0.3, 0.4) is 0 Å². The Kier molecular flexibility index (Phi) is 3.67. The van der Waals surface area contributed by atoms with E-state index in [2.05, 4.69) is 25.9 Å². The van der Waals surface area contributed by atoms with Gasteiger partial charge in [0.25, 0.3) is 0 Å². The molecule has 0 N–H and O–H groups in total. The molecular weight excluding hydrogens is 364 g/mol. The second-order valence-corrected chi connectivity index (χ2v) is 5.99. The number of halogens is 4. The van der Waals surface area contributed by atoms with Crippen LogP contribution in [0, 0.1) is 11.6 Å². The maximum Gasteiger partial charge on any atom is 0.164 e. The molecular formula is C14H9BrClF2N3. The van der Waals surface area contributed by atoms with E-state index >= 15 is 0 Å². The predicted molar refractivity (Wildman–Crippen MR) is 80.7 cm³/mol. The molecule has 3 nitrogen and oxygen atoms in total. The smallest absolute Gasteiger partial charge is 0.164 e. The van der Waals surface area contributed by atoms with Gasteiger partial charge in [0, 0.05) is 12.3 Å². The quantitative estimate of drug-likeness (QED) is 0.479. The second kappa shape index (κ2) is 5.35. The maximum atomic E-state index is 14.2. The molecule has 0 amide bonds. The van der Waals surface area contributed by atoms with E-state index in [0.29, 0.717) is 17.0 Å². The third-order valence-corrected chi connectivity index (χ3v) is 3.83. The molecule has 0 radical (unpaired) electrons. The molecule has 3 aromatic rings. The molecule has 0 aliphatic carbocycles. The van der Waals surface area contributed by atoms with Gasteiger partial charge in [-0.3, -0.25) is 4.57 Å². The van der Waals surface area contributed by atoms with E-state index < -0.39 is 17.0 Å². The van der Waals surface area contributed by atoms with Gasteiger partial charge in [0.1, 0.15) is 23.0 Å². The van der Waals surface area contributed by atoms with Crippen LogP contribution in [0.5, 0.6) is 0 Å². The fourth-order valence-corrected chi connectivity index (χ4v) is 2.58. The lowest BCUT2D eigenvalue weighted by atomic mass is 10.2. The Balaban J connectivity index is 2.38. The Labute approximate surface area is 132 Å². The Hall–Kier alpha value is -1.53. The molecule has 0 aliphatic rings. The monoisotopic (exact) mass is 371 g/mol. The number of imidazole rings is 1. The van der Waals surface area contributed by atoms with Crippen LogP contribution in [-0.4, -0.2) is 14.5 Å². The highest BCUT2D eigenvalue weighted by Crippen LogP contribution is 2.30. The number of fused-ring (bicyclic) bond motifs is 1. The van der Waals surface area contributed by atoms with Gasteiger partial charge >= 0.3 is 0 Å². The summed E-state index contributed by atoms with van der Waals surface area (Å²) in [5.74, 6) is -0.754. The first kappa shape index (κ1) is 14.4. The van der Waals surface area contributed by atoms with E-state index in [1.807, 2.05) is 0 Å². The van der Waals surface area contributed by atoms with E-state index in [4.69, 9.17) is 11.6 Å². The van der Waals surface area contributed by atoms with Gasteiger partial charge in [0.05, 0.1) is 15.5 Å². The number of pyridine rings is 1. The summed E-state index contributed by atoms with van der Waals surface area (Å²) < 4.78 is 29.5. The zero-order valence-electron chi connectivity index (χ0n) is 10.8. The molecule has 3 rings (SSSR count). The van der Waals surface area contributed by atoms with Crippen molar-refractivity contribution in [3.63, 3.8) is 0 Å². The average molecular weight is 373 g/mol. The van der Waals surface area contributed by atoms with Gasteiger partial charge in [-0.2, -0.15) is 0 Å². The van der Waals surface area contributed by atoms with Gasteiger partial charge in [0.15, 0.2) is 5.65 Å². The van der Waals surface area contributed by atoms with Gasteiger partial charge in [-0.05, 0) is 41.1 Å². The molecule has 0 bridgehead atoms. The van der Waals surface area contributed by atoms with Crippen molar-refractivity contribution in [2.45, 2.75) is 12.3 Å². The van der Waals surface area contributed by atoms with Gasteiger partial charge in [0.2, 0.25) is 0 Å². The number of aromatic nitrogens is 3. The summed E-state index contributed by atoms with van der Waals surface area (Å²) >= 11 is 9.08. The molecule has 0 saturated carbocycles. The minimum atomic E-state index is -0.591. The third-order valence-electron chi connectivity index (χ3n) is 3.03. The number of nitrogens with zero attached hydrogens (tertiary/aromatic N) is 3. The minimum Gasteiger partial charge on any atom is -0.276 e. The highest BCUT2D eigenvalue weighted by atomic mass is 79.9. The summed E-state index contributed by atoms with van der Waals surface area (Å²) in [5.41, 5.74) is 1.03. The van der Waals surface area contributed by atoms with E-state index in [-0.39, 0.29) is 10.2 Å². The Bertz CT molecular complexity index is 832. The summed E-state index contributed by atoms with van der Waals surface area (Å²) in [6, 6.07) is 5.63. The van der Waals surface area contributed by atoms with Crippen LogP contribution >= 0.6 is 27.5 Å². The van der Waals surface area contributed by atoms with Crippen molar-refractivity contribution in [3.05, 3.63) is 52.4 Å². The molecule has 0 aliphatic heterocycles. The molecule has 0 spiro atoms. The Morgan fingerprint density at radius 1 is 1.29 bits per heavy atom. The lowest BCUT2D eigenvalue weighted by Crippen LogP contribution is -2.05. The van der Waals surface area contributed by atoms with Crippen LogP contribution in [-0.2, 0) is 0 Å². The van der Waals surface area contributed by atoms with Crippen molar-refractivity contribution >= 4 is 38.7 Å². The van der Waals surface area contributed by atoms with Gasteiger partial charge < -0.3 is 0 Å². The van der Waals surface area contributed by atoms with Crippen LogP contribution in [0.4, 0.5) is 8.78 Å². The molecule has 0 fully saturated rings. The van der Waals surface area contributed by atoms with Crippen molar-refractivity contribution < 1.29 is 8.78 Å². The van der Waals surface area contributed by atoms with Gasteiger partial charge in [-0.15, -0.1) is 11.6 Å². The number of rotatable bonds is 2. The first-order chi connectivity index (χ1) is 9.99. The number of benzene rings is 1. The van der Waals surface area contributed by atoms with Crippen molar-refractivity contribution in [1.82, 2.24) is 14.5 Å². The third kappa shape index (κ3) is 2.42. The zero-order valence-corrected chi connectivity index (χ0v) is 13.2. The number of hydrogen-bond donors (Lipinski definition) is 0. The minimum absolute atomic E-state index is 0.0272. The molecule has 2 aromatic heterocycles. The average Bonchev–Trinajstić information content (AvgIpc) is 2.82. The molecule has 108 valence electrons. The number of hydrogen-bond acceptors (Lipinski definition) is 2. The topological polar surface area (TPSA) is 30.7 Å². The SMILES string of the molecule is CC(Cl)c1nc2cccnc2n1-c1cc(F)c(Br)cc1F. The Morgan fingerprint density at radius 2 is 2.05 bits per heavy atom. The molecule has 2 heterocycles. The summed E-state index contributed by atoms with van der Waals surface area (Å²) in [6.07, 6.45) is 1.57. The summed E-state index contributed by atoms with van der Waals surface area (Å²) in [4.78, 5) is 8.54.